The summed E-state index contributed by atoms with van der Waals surface area (Å²) in [7, 11) is 0. The molecule has 202 valence electrons. The molecule has 0 spiro atoms. The Kier molecular flexibility index (Phi) is 4.46. The zero-order valence-electron chi connectivity index (χ0n) is 27.6. The highest BCUT2D eigenvalue weighted by Gasteiger charge is 2.36. The molecule has 1 N–H and O–H groups in total. The first kappa shape index (κ1) is 20.1. The maximum absolute atomic E-state index is 16.6. The number of rotatable bonds is 4. The van der Waals surface area contributed by atoms with Gasteiger partial charge < -0.3 is 4.98 Å². The Labute approximate surface area is 243 Å². The van der Waals surface area contributed by atoms with Crippen LogP contribution in [0.2, 0.25) is 0 Å². The number of nitrogens with one attached hydrogen (secondary N) is 1. The third kappa shape index (κ3) is 4.18. The van der Waals surface area contributed by atoms with Crippen LogP contribution in [0.15, 0.2) is 109 Å². The van der Waals surface area contributed by atoms with Crippen LogP contribution >= 0.6 is 0 Å². The van der Waals surface area contributed by atoms with Gasteiger partial charge in [-0.15, -0.1) is 0 Å². The summed E-state index contributed by atoms with van der Waals surface area (Å²) >= 11 is 0. The van der Waals surface area contributed by atoms with E-state index in [1.54, 1.807) is 53.4 Å². The van der Waals surface area contributed by atoms with Gasteiger partial charge in [0.05, 0.1) is 29.3 Å². The van der Waals surface area contributed by atoms with Gasteiger partial charge in [0.1, 0.15) is 0 Å². The molecule has 0 atom stereocenters. The first-order chi connectivity index (χ1) is 21.8. The van der Waals surface area contributed by atoms with Crippen molar-refractivity contribution in [2.24, 2.45) is 0 Å². The fraction of sp³-hybridized carbons (Fsp3) is 0.143. The second-order valence-electron chi connectivity index (χ2n) is 11.1. The van der Waals surface area contributed by atoms with Gasteiger partial charge in [-0.1, -0.05) is 75.3 Å². The van der Waals surface area contributed by atoms with E-state index >= 15 is 8.78 Å². The lowest BCUT2D eigenvalue weighted by molar-refractivity contribution is -0.572. The summed E-state index contributed by atoms with van der Waals surface area (Å²) in [6, 6.07) is 16.0. The molecule has 0 aliphatic heterocycles. The van der Waals surface area contributed by atoms with Crippen LogP contribution in [-0.4, -0.2) is 14.5 Å². The van der Waals surface area contributed by atoms with Crippen LogP contribution in [0.25, 0.3) is 44.2 Å². The Morgan fingerprint density at radius 2 is 1.63 bits per heavy atom. The first-order valence-corrected chi connectivity index (χ1v) is 13.2. The number of pyridine rings is 1. The quantitative estimate of drug-likeness (QED) is 0.175. The summed E-state index contributed by atoms with van der Waals surface area (Å²) in [6.45, 7) is 5.84. The molecule has 7 aromatic rings. The van der Waals surface area contributed by atoms with E-state index in [9.17, 15) is 0 Å². The number of hydrogen-bond acceptors (Lipinski definition) is 1. The molecule has 0 aliphatic rings. The molecular weight excluding hydrogens is 514 g/mol. The Morgan fingerprint density at radius 3 is 2.44 bits per heavy atom. The SMILES string of the molecule is [2H]c1c([2H])c([2H])c(-[n+]2[c-]n(-c3cc(C(C)(C)C)cc(C(F)(F)c4ccc5c(c4)[nH]c4ccncc45)c3)c3ccccc32)c([2H])c1[2H]. The highest BCUT2D eigenvalue weighted by Crippen LogP contribution is 2.40. The van der Waals surface area contributed by atoms with Crippen molar-refractivity contribution < 1.29 is 20.2 Å². The van der Waals surface area contributed by atoms with Gasteiger partial charge in [-0.05, 0) is 53.4 Å². The molecule has 0 amide bonds. The lowest BCUT2D eigenvalue weighted by Crippen LogP contribution is -2.29. The second kappa shape index (κ2) is 9.10. The summed E-state index contributed by atoms with van der Waals surface area (Å²) in [6.07, 6.45) is 6.48. The van der Waals surface area contributed by atoms with E-state index in [0.29, 0.717) is 27.8 Å². The molecule has 0 unspecified atom stereocenters. The van der Waals surface area contributed by atoms with Gasteiger partial charge in [0.2, 0.25) is 0 Å². The number of H-pyrrole nitrogens is 1. The smallest absolute Gasteiger partial charge is 0.298 e. The molecule has 3 aromatic heterocycles. The van der Waals surface area contributed by atoms with Crippen LogP contribution in [0, 0.1) is 6.33 Å². The van der Waals surface area contributed by atoms with Gasteiger partial charge in [0.25, 0.3) is 12.2 Å². The number of nitrogens with zero attached hydrogens (tertiary/aromatic N) is 3. The topological polar surface area (TPSA) is 37.5 Å². The molecule has 0 fully saturated rings. The molecule has 3 heterocycles. The zero-order valence-corrected chi connectivity index (χ0v) is 22.6. The van der Waals surface area contributed by atoms with Gasteiger partial charge in [-0.3, -0.25) is 14.1 Å². The number of imidazole rings is 1. The highest BCUT2D eigenvalue weighted by molar-refractivity contribution is 6.06. The molecule has 0 saturated heterocycles. The van der Waals surface area contributed by atoms with Crippen LogP contribution < -0.4 is 4.57 Å². The van der Waals surface area contributed by atoms with Crippen LogP contribution in [0.3, 0.4) is 0 Å². The third-order valence-electron chi connectivity index (χ3n) is 7.44. The number of para-hydroxylation sites is 3. The van der Waals surface area contributed by atoms with Crippen LogP contribution in [0.1, 0.15) is 44.3 Å². The first-order valence-electron chi connectivity index (χ1n) is 15.7. The summed E-state index contributed by atoms with van der Waals surface area (Å²) in [5.41, 5.74) is 2.53. The minimum absolute atomic E-state index is 0.0830. The largest absolute Gasteiger partial charge is 0.354 e. The Morgan fingerprint density at radius 1 is 0.854 bits per heavy atom. The zero-order chi connectivity index (χ0) is 32.7. The lowest BCUT2D eigenvalue weighted by atomic mass is 9.84. The van der Waals surface area contributed by atoms with E-state index in [-0.39, 0.29) is 16.8 Å². The standard InChI is InChI=1S/C35H28F2N4/c1-34(2,3)24-17-25(35(36,37)23-13-14-28-29-21-38-16-15-30(29)39-31(28)20-23)19-27(18-24)41-22-40(26-9-5-4-6-10-26)32-11-7-8-12-33(32)41/h4-21,39H,1-3H3/i4D,5D,6D,9D,10D. The molecule has 0 bridgehead atoms. The minimum atomic E-state index is -3.38. The van der Waals surface area contributed by atoms with E-state index < -0.39 is 41.5 Å². The van der Waals surface area contributed by atoms with Gasteiger partial charge in [-0.25, -0.2) is 0 Å². The molecule has 0 saturated carbocycles. The van der Waals surface area contributed by atoms with Crippen molar-refractivity contribution in [1.82, 2.24) is 14.5 Å². The van der Waals surface area contributed by atoms with Gasteiger partial charge in [-0.2, -0.15) is 8.78 Å². The number of hydrogen-bond donors (Lipinski definition) is 1. The van der Waals surface area contributed by atoms with Crippen molar-refractivity contribution >= 4 is 32.8 Å². The van der Waals surface area contributed by atoms with E-state index in [0.717, 1.165) is 16.3 Å². The second-order valence-corrected chi connectivity index (χ2v) is 11.1. The maximum atomic E-state index is 16.6. The van der Waals surface area contributed by atoms with Crippen molar-refractivity contribution in [2.75, 3.05) is 0 Å². The summed E-state index contributed by atoms with van der Waals surface area (Å²) in [5.74, 6) is -3.38. The van der Waals surface area contributed by atoms with Crippen molar-refractivity contribution in [3.63, 3.8) is 0 Å². The van der Waals surface area contributed by atoms with Crippen molar-refractivity contribution in [3.8, 4) is 11.4 Å². The van der Waals surface area contributed by atoms with E-state index in [4.69, 9.17) is 6.85 Å². The number of aromatic nitrogens is 4. The lowest BCUT2D eigenvalue weighted by Gasteiger charge is -2.25. The summed E-state index contributed by atoms with van der Waals surface area (Å²) in [4.78, 5) is 7.39. The number of aromatic amines is 1. The highest BCUT2D eigenvalue weighted by atomic mass is 19.3. The van der Waals surface area contributed by atoms with Crippen molar-refractivity contribution in [1.29, 1.82) is 0 Å². The molecular formula is C35H28F2N4. The fourth-order valence-corrected chi connectivity index (χ4v) is 5.23. The Bertz CT molecular complexity index is 2330. The fourth-order valence-electron chi connectivity index (χ4n) is 5.23. The predicted molar refractivity (Wildman–Crippen MR) is 159 cm³/mol. The van der Waals surface area contributed by atoms with Gasteiger partial charge >= 0.3 is 0 Å². The van der Waals surface area contributed by atoms with E-state index in [1.807, 2.05) is 26.8 Å². The van der Waals surface area contributed by atoms with Crippen LogP contribution in [0.5, 0.6) is 0 Å². The molecule has 4 nitrogen and oxygen atoms in total. The number of fused-ring (bicyclic) bond motifs is 4. The minimum Gasteiger partial charge on any atom is -0.354 e. The summed E-state index contributed by atoms with van der Waals surface area (Å²) in [5, 5.41) is 1.66. The van der Waals surface area contributed by atoms with Gasteiger partial charge in [0.15, 0.2) is 0 Å². The molecule has 0 aliphatic carbocycles. The van der Waals surface area contributed by atoms with Crippen LogP contribution in [0.4, 0.5) is 8.78 Å². The Hall–Kier alpha value is -4.84. The normalized spacial score (nSPS) is 14.2. The number of alkyl halides is 2. The average Bonchev–Trinajstić information content (AvgIpc) is 3.61. The molecule has 4 aromatic carbocycles. The van der Waals surface area contributed by atoms with Crippen molar-refractivity contribution in [2.45, 2.75) is 32.1 Å². The van der Waals surface area contributed by atoms with E-state index in [2.05, 4.69) is 16.3 Å². The maximum Gasteiger partial charge on any atom is 0.298 e. The summed E-state index contributed by atoms with van der Waals surface area (Å²) < 4.78 is 77.7. The molecule has 7 rings (SSSR count). The molecule has 0 radical (unpaired) electrons. The number of benzene rings is 4. The van der Waals surface area contributed by atoms with E-state index in [1.165, 1.54) is 28.8 Å². The monoisotopic (exact) mass is 547 g/mol. The molecule has 41 heavy (non-hydrogen) atoms. The van der Waals surface area contributed by atoms with Crippen molar-refractivity contribution in [3.05, 3.63) is 132 Å². The average molecular weight is 548 g/mol. The predicted octanol–water partition coefficient (Wildman–Crippen LogP) is 8.17. The van der Waals surface area contributed by atoms with Gasteiger partial charge in [0, 0.05) is 45.3 Å². The van der Waals surface area contributed by atoms with Crippen LogP contribution in [-0.2, 0) is 11.3 Å². The Balaban J connectivity index is 1.45. The molecule has 6 heteroatoms. The number of halogens is 2. The third-order valence-corrected chi connectivity index (χ3v) is 7.44.